The first-order valence-corrected chi connectivity index (χ1v) is 6.03. The van der Waals surface area contributed by atoms with Gasteiger partial charge in [0.1, 0.15) is 0 Å². The number of rotatable bonds is 2. The van der Waals surface area contributed by atoms with E-state index in [1.807, 2.05) is 32.0 Å². The van der Waals surface area contributed by atoms with Crippen LogP contribution in [0.2, 0.25) is 0 Å². The molecular formula is C10H12BrIO. The molecule has 0 amide bonds. The lowest BCUT2D eigenvalue weighted by molar-refractivity contribution is 0.126. The van der Waals surface area contributed by atoms with E-state index in [0.29, 0.717) is 0 Å². The van der Waals surface area contributed by atoms with Crippen molar-refractivity contribution in [3.63, 3.8) is 0 Å². The minimum atomic E-state index is -0.385. The average molecular weight is 355 g/mol. The van der Waals surface area contributed by atoms with Gasteiger partial charge >= 0.3 is 0 Å². The fourth-order valence-electron chi connectivity index (χ4n) is 1.11. The van der Waals surface area contributed by atoms with E-state index in [4.69, 9.17) is 0 Å². The van der Waals surface area contributed by atoms with Gasteiger partial charge in [0.05, 0.1) is 6.10 Å². The number of hydrogen-bond acceptors (Lipinski definition) is 1. The maximum Gasteiger partial charge on any atom is 0.0824 e. The Morgan fingerprint density at radius 2 is 2.00 bits per heavy atom. The van der Waals surface area contributed by atoms with Crippen LogP contribution in [0.3, 0.4) is 0 Å². The molecule has 0 aliphatic rings. The van der Waals surface area contributed by atoms with Crippen molar-refractivity contribution < 1.29 is 5.11 Å². The average Bonchev–Trinajstić information content (AvgIpc) is 2.08. The summed E-state index contributed by atoms with van der Waals surface area (Å²) >= 11 is 5.73. The van der Waals surface area contributed by atoms with E-state index in [0.717, 1.165) is 13.6 Å². The third kappa shape index (κ3) is 2.67. The van der Waals surface area contributed by atoms with Crippen LogP contribution in [-0.4, -0.2) is 5.11 Å². The lowest BCUT2D eigenvalue weighted by atomic mass is 9.99. The summed E-state index contributed by atoms with van der Waals surface area (Å²) in [5.74, 6) is 0.245. The van der Waals surface area contributed by atoms with Gasteiger partial charge in [0.25, 0.3) is 0 Å². The SMILES string of the molecule is CC(C)C(O)c1cccc(I)c1Br. The molecule has 0 heterocycles. The van der Waals surface area contributed by atoms with E-state index in [9.17, 15) is 5.11 Å². The van der Waals surface area contributed by atoms with E-state index >= 15 is 0 Å². The van der Waals surface area contributed by atoms with Crippen molar-refractivity contribution in [2.24, 2.45) is 5.92 Å². The third-order valence-corrected chi connectivity index (χ3v) is 4.46. The quantitative estimate of drug-likeness (QED) is 0.802. The van der Waals surface area contributed by atoms with Gasteiger partial charge in [-0.05, 0) is 56.1 Å². The van der Waals surface area contributed by atoms with Crippen LogP contribution in [-0.2, 0) is 0 Å². The Balaban J connectivity index is 3.07. The third-order valence-electron chi connectivity index (χ3n) is 1.93. The Bertz CT molecular complexity index is 299. The summed E-state index contributed by atoms with van der Waals surface area (Å²) in [4.78, 5) is 0. The summed E-state index contributed by atoms with van der Waals surface area (Å²) in [7, 11) is 0. The molecule has 1 nitrogen and oxygen atoms in total. The molecule has 72 valence electrons. The Morgan fingerprint density at radius 3 is 2.54 bits per heavy atom. The minimum Gasteiger partial charge on any atom is -0.388 e. The molecule has 1 aromatic carbocycles. The fourth-order valence-corrected chi connectivity index (χ4v) is 2.13. The number of hydrogen-bond donors (Lipinski definition) is 1. The van der Waals surface area contributed by atoms with E-state index < -0.39 is 0 Å². The van der Waals surface area contributed by atoms with E-state index in [2.05, 4.69) is 38.5 Å². The highest BCUT2D eigenvalue weighted by Gasteiger charge is 2.15. The zero-order valence-electron chi connectivity index (χ0n) is 7.59. The number of halogens is 2. The van der Waals surface area contributed by atoms with Crippen LogP contribution in [0, 0.1) is 9.49 Å². The summed E-state index contributed by atoms with van der Waals surface area (Å²) in [5.41, 5.74) is 0.974. The van der Waals surface area contributed by atoms with Crippen LogP contribution in [0.5, 0.6) is 0 Å². The smallest absolute Gasteiger partial charge is 0.0824 e. The summed E-state index contributed by atoms with van der Waals surface area (Å²) < 4.78 is 2.15. The summed E-state index contributed by atoms with van der Waals surface area (Å²) in [6, 6.07) is 5.94. The van der Waals surface area contributed by atoms with E-state index in [1.54, 1.807) is 0 Å². The topological polar surface area (TPSA) is 20.2 Å². The highest BCUT2D eigenvalue weighted by Crippen LogP contribution is 2.31. The monoisotopic (exact) mass is 354 g/mol. The molecule has 1 N–H and O–H groups in total. The number of benzene rings is 1. The second kappa shape index (κ2) is 4.75. The zero-order valence-corrected chi connectivity index (χ0v) is 11.3. The minimum absolute atomic E-state index is 0.245. The van der Waals surface area contributed by atoms with Crippen molar-refractivity contribution in [2.45, 2.75) is 20.0 Å². The van der Waals surface area contributed by atoms with E-state index in [1.165, 1.54) is 0 Å². The molecule has 1 aromatic rings. The first-order valence-electron chi connectivity index (χ1n) is 4.16. The lowest BCUT2D eigenvalue weighted by Gasteiger charge is -2.16. The van der Waals surface area contributed by atoms with Crippen molar-refractivity contribution >= 4 is 38.5 Å². The Morgan fingerprint density at radius 1 is 1.38 bits per heavy atom. The fraction of sp³-hybridized carbons (Fsp3) is 0.400. The van der Waals surface area contributed by atoms with Gasteiger partial charge in [-0.2, -0.15) is 0 Å². The molecule has 1 unspecified atom stereocenters. The molecule has 0 radical (unpaired) electrons. The predicted octanol–water partition coefficient (Wildman–Crippen LogP) is 3.74. The second-order valence-electron chi connectivity index (χ2n) is 3.33. The Labute approximate surface area is 101 Å². The van der Waals surface area contributed by atoms with Crippen LogP contribution in [0.15, 0.2) is 22.7 Å². The highest BCUT2D eigenvalue weighted by molar-refractivity contribution is 14.1. The maximum atomic E-state index is 9.87. The lowest BCUT2D eigenvalue weighted by Crippen LogP contribution is -2.06. The van der Waals surface area contributed by atoms with E-state index in [-0.39, 0.29) is 12.0 Å². The van der Waals surface area contributed by atoms with Gasteiger partial charge in [-0.25, -0.2) is 0 Å². The molecule has 0 aliphatic heterocycles. The van der Waals surface area contributed by atoms with Crippen molar-refractivity contribution in [3.05, 3.63) is 31.8 Å². The highest BCUT2D eigenvalue weighted by atomic mass is 127. The van der Waals surface area contributed by atoms with Crippen molar-refractivity contribution in [3.8, 4) is 0 Å². The van der Waals surface area contributed by atoms with Crippen LogP contribution >= 0.6 is 38.5 Å². The van der Waals surface area contributed by atoms with Gasteiger partial charge in [-0.15, -0.1) is 0 Å². The molecule has 1 atom stereocenters. The Hall–Kier alpha value is 0.390. The molecule has 0 fully saturated rings. The van der Waals surface area contributed by atoms with Gasteiger partial charge in [-0.1, -0.05) is 26.0 Å². The molecule has 3 heteroatoms. The van der Waals surface area contributed by atoms with Gasteiger partial charge in [0.15, 0.2) is 0 Å². The largest absolute Gasteiger partial charge is 0.388 e. The normalized spacial score (nSPS) is 13.4. The van der Waals surface area contributed by atoms with Crippen LogP contribution < -0.4 is 0 Å². The first-order chi connectivity index (χ1) is 6.04. The number of aliphatic hydroxyl groups is 1. The van der Waals surface area contributed by atoms with Gasteiger partial charge in [-0.3, -0.25) is 0 Å². The van der Waals surface area contributed by atoms with Gasteiger partial charge < -0.3 is 5.11 Å². The summed E-state index contributed by atoms with van der Waals surface area (Å²) in [6.07, 6.45) is -0.385. The van der Waals surface area contributed by atoms with Crippen LogP contribution in [0.1, 0.15) is 25.5 Å². The number of aliphatic hydroxyl groups excluding tert-OH is 1. The van der Waals surface area contributed by atoms with Gasteiger partial charge in [0.2, 0.25) is 0 Å². The molecule has 1 rings (SSSR count). The molecular weight excluding hydrogens is 343 g/mol. The summed E-state index contributed by atoms with van der Waals surface area (Å²) in [5, 5.41) is 9.87. The molecule has 0 bridgehead atoms. The summed E-state index contributed by atoms with van der Waals surface area (Å²) in [6.45, 7) is 4.02. The molecule has 0 spiro atoms. The Kier molecular flexibility index (Phi) is 4.19. The van der Waals surface area contributed by atoms with Gasteiger partial charge in [0, 0.05) is 8.04 Å². The van der Waals surface area contributed by atoms with Crippen molar-refractivity contribution in [1.29, 1.82) is 0 Å². The maximum absolute atomic E-state index is 9.87. The van der Waals surface area contributed by atoms with Crippen LogP contribution in [0.4, 0.5) is 0 Å². The molecule has 13 heavy (non-hydrogen) atoms. The van der Waals surface area contributed by atoms with Crippen molar-refractivity contribution in [1.82, 2.24) is 0 Å². The molecule has 0 saturated heterocycles. The molecule has 0 saturated carbocycles. The zero-order chi connectivity index (χ0) is 10.0. The predicted molar refractivity (Wildman–Crippen MR) is 66.7 cm³/mol. The molecule has 0 aliphatic carbocycles. The van der Waals surface area contributed by atoms with Crippen LogP contribution in [0.25, 0.3) is 0 Å². The first kappa shape index (κ1) is 11.5. The molecule has 0 aromatic heterocycles. The second-order valence-corrected chi connectivity index (χ2v) is 5.29. The van der Waals surface area contributed by atoms with Crippen molar-refractivity contribution in [2.75, 3.05) is 0 Å². The standard InChI is InChI=1S/C10H12BrIO/c1-6(2)10(13)7-4-3-5-8(12)9(7)11/h3-6,10,13H,1-2H3.